The molecule has 1 atom stereocenters. The Labute approximate surface area is 109 Å². The van der Waals surface area contributed by atoms with Gasteiger partial charge in [0.1, 0.15) is 0 Å². The van der Waals surface area contributed by atoms with Gasteiger partial charge in [-0.3, -0.25) is 9.55 Å². The lowest BCUT2D eigenvalue weighted by molar-refractivity contribution is 0.212. The molecular weight excluding hydrogens is 307 g/mol. The van der Waals surface area contributed by atoms with E-state index in [1.165, 1.54) is 0 Å². The second kappa shape index (κ2) is 6.61. The van der Waals surface area contributed by atoms with Crippen LogP contribution in [0.5, 0.6) is 0 Å². The van der Waals surface area contributed by atoms with Crippen LogP contribution in [-0.2, 0) is 13.6 Å². The highest BCUT2D eigenvalue weighted by Gasteiger charge is 2.34. The van der Waals surface area contributed by atoms with E-state index in [9.17, 15) is 4.57 Å². The molecule has 7 heteroatoms. The largest absolute Gasteiger partial charge is 0.353 e. The van der Waals surface area contributed by atoms with E-state index in [0.717, 1.165) is 4.47 Å². The SMILES string of the molecule is CCOP(=O)(OCC)[C@@H](N)c1ccc(Br)cn1. The Morgan fingerprint density at radius 3 is 2.41 bits per heavy atom. The molecule has 0 bridgehead atoms. The Balaban J connectivity index is 2.95. The van der Waals surface area contributed by atoms with Crippen molar-refractivity contribution in [3.8, 4) is 0 Å². The summed E-state index contributed by atoms with van der Waals surface area (Å²) in [7, 11) is -3.35. The van der Waals surface area contributed by atoms with Crippen molar-refractivity contribution in [1.29, 1.82) is 0 Å². The predicted octanol–water partition coefficient (Wildman–Crippen LogP) is 3.07. The predicted molar refractivity (Wildman–Crippen MR) is 69.7 cm³/mol. The topological polar surface area (TPSA) is 74.4 Å². The molecular formula is C10H16BrN2O3P. The standard InChI is InChI=1S/C10H16BrN2O3P/c1-3-15-17(14,16-4-2)10(12)9-6-5-8(11)7-13-9/h5-7,10H,3-4,12H2,1-2H3/t10-/m1/s1. The van der Waals surface area contributed by atoms with Gasteiger partial charge in [-0.1, -0.05) is 0 Å². The number of nitrogens with two attached hydrogens (primary N) is 1. The van der Waals surface area contributed by atoms with Crippen LogP contribution in [0.3, 0.4) is 0 Å². The molecule has 0 spiro atoms. The second-order valence-corrected chi connectivity index (χ2v) is 6.29. The van der Waals surface area contributed by atoms with Crippen molar-refractivity contribution in [3.05, 3.63) is 28.5 Å². The Hall–Kier alpha value is -0.260. The zero-order valence-corrected chi connectivity index (χ0v) is 12.3. The molecule has 0 saturated heterocycles. The van der Waals surface area contributed by atoms with Crippen LogP contribution in [0.2, 0.25) is 0 Å². The van der Waals surface area contributed by atoms with Crippen molar-refractivity contribution < 1.29 is 13.6 Å². The van der Waals surface area contributed by atoms with E-state index in [-0.39, 0.29) is 13.2 Å². The number of pyridine rings is 1. The van der Waals surface area contributed by atoms with E-state index in [4.69, 9.17) is 14.8 Å². The average Bonchev–Trinajstić information content (AvgIpc) is 2.30. The molecule has 96 valence electrons. The van der Waals surface area contributed by atoms with Gasteiger partial charge in [-0.05, 0) is 41.9 Å². The van der Waals surface area contributed by atoms with Gasteiger partial charge in [0, 0.05) is 10.7 Å². The first-order chi connectivity index (χ1) is 8.03. The first-order valence-corrected chi connectivity index (χ1v) is 7.69. The molecule has 0 aromatic carbocycles. The summed E-state index contributed by atoms with van der Waals surface area (Å²) in [4.78, 5) is 4.10. The van der Waals surface area contributed by atoms with E-state index >= 15 is 0 Å². The summed E-state index contributed by atoms with van der Waals surface area (Å²) in [6.45, 7) is 4.05. The summed E-state index contributed by atoms with van der Waals surface area (Å²) in [5, 5.41) is 0. The van der Waals surface area contributed by atoms with Gasteiger partial charge >= 0.3 is 7.60 Å². The highest BCUT2D eigenvalue weighted by molar-refractivity contribution is 9.10. The minimum Gasteiger partial charge on any atom is -0.313 e. The fourth-order valence-corrected chi connectivity index (χ4v) is 3.11. The van der Waals surface area contributed by atoms with Gasteiger partial charge in [-0.15, -0.1) is 0 Å². The molecule has 0 radical (unpaired) electrons. The van der Waals surface area contributed by atoms with Gasteiger partial charge in [0.05, 0.1) is 18.9 Å². The highest BCUT2D eigenvalue weighted by Crippen LogP contribution is 2.57. The lowest BCUT2D eigenvalue weighted by Crippen LogP contribution is -2.16. The van der Waals surface area contributed by atoms with Gasteiger partial charge in [0.2, 0.25) is 0 Å². The first kappa shape index (κ1) is 14.8. The van der Waals surface area contributed by atoms with Crippen LogP contribution in [0.4, 0.5) is 0 Å². The fourth-order valence-electron chi connectivity index (χ4n) is 1.28. The van der Waals surface area contributed by atoms with Crippen molar-refractivity contribution in [3.63, 3.8) is 0 Å². The lowest BCUT2D eigenvalue weighted by atomic mass is 10.3. The highest BCUT2D eigenvalue weighted by atomic mass is 79.9. The molecule has 1 aromatic heterocycles. The van der Waals surface area contributed by atoms with Crippen molar-refractivity contribution in [2.75, 3.05) is 13.2 Å². The van der Waals surface area contributed by atoms with Crippen molar-refractivity contribution >= 4 is 23.5 Å². The van der Waals surface area contributed by atoms with Crippen LogP contribution in [-0.4, -0.2) is 18.2 Å². The van der Waals surface area contributed by atoms with Crippen LogP contribution in [0, 0.1) is 0 Å². The summed E-state index contributed by atoms with van der Waals surface area (Å²) >= 11 is 3.27. The smallest absolute Gasteiger partial charge is 0.313 e. The van der Waals surface area contributed by atoms with E-state index in [1.807, 2.05) is 0 Å². The van der Waals surface area contributed by atoms with Crippen molar-refractivity contribution in [1.82, 2.24) is 4.98 Å². The third kappa shape index (κ3) is 3.86. The zero-order chi connectivity index (χ0) is 12.9. The van der Waals surface area contributed by atoms with Gasteiger partial charge in [-0.2, -0.15) is 0 Å². The monoisotopic (exact) mass is 322 g/mol. The summed E-state index contributed by atoms with van der Waals surface area (Å²) in [6, 6.07) is 3.48. The molecule has 1 rings (SSSR count). The number of nitrogens with zero attached hydrogens (tertiary/aromatic N) is 1. The molecule has 0 aliphatic heterocycles. The Kier molecular flexibility index (Phi) is 5.76. The molecule has 5 nitrogen and oxygen atoms in total. The van der Waals surface area contributed by atoms with Crippen LogP contribution < -0.4 is 5.73 Å². The number of hydrogen-bond donors (Lipinski definition) is 1. The Morgan fingerprint density at radius 2 is 2.00 bits per heavy atom. The maximum absolute atomic E-state index is 12.4. The molecule has 1 aromatic rings. The zero-order valence-electron chi connectivity index (χ0n) is 9.80. The van der Waals surface area contributed by atoms with E-state index in [0.29, 0.717) is 5.69 Å². The quantitative estimate of drug-likeness (QED) is 0.815. The number of hydrogen-bond acceptors (Lipinski definition) is 5. The van der Waals surface area contributed by atoms with Crippen LogP contribution in [0.25, 0.3) is 0 Å². The van der Waals surface area contributed by atoms with Gasteiger partial charge in [0.25, 0.3) is 0 Å². The minimum absolute atomic E-state index is 0.279. The lowest BCUT2D eigenvalue weighted by Gasteiger charge is -2.22. The summed E-state index contributed by atoms with van der Waals surface area (Å²) in [5.74, 6) is -0.865. The molecule has 17 heavy (non-hydrogen) atoms. The second-order valence-electron chi connectivity index (χ2n) is 3.22. The first-order valence-electron chi connectivity index (χ1n) is 5.29. The van der Waals surface area contributed by atoms with Crippen LogP contribution >= 0.6 is 23.5 Å². The number of rotatable bonds is 6. The number of aromatic nitrogens is 1. The van der Waals surface area contributed by atoms with Crippen molar-refractivity contribution in [2.45, 2.75) is 19.6 Å². The van der Waals surface area contributed by atoms with Gasteiger partial charge in [-0.25, -0.2) is 0 Å². The average molecular weight is 323 g/mol. The Bertz CT molecular complexity index is 389. The molecule has 0 aliphatic rings. The van der Waals surface area contributed by atoms with Gasteiger partial charge < -0.3 is 14.8 Å². The molecule has 1 heterocycles. The van der Waals surface area contributed by atoms with Crippen LogP contribution in [0.15, 0.2) is 22.8 Å². The van der Waals surface area contributed by atoms with E-state index < -0.39 is 13.4 Å². The summed E-state index contributed by atoms with van der Waals surface area (Å²) in [6.07, 6.45) is 1.59. The maximum Gasteiger partial charge on any atom is 0.353 e. The molecule has 0 saturated carbocycles. The molecule has 0 fully saturated rings. The fraction of sp³-hybridized carbons (Fsp3) is 0.500. The third-order valence-corrected chi connectivity index (χ3v) is 4.66. The summed E-state index contributed by atoms with van der Waals surface area (Å²) < 4.78 is 23.6. The third-order valence-electron chi connectivity index (χ3n) is 2.01. The normalized spacial score (nSPS) is 13.6. The molecule has 0 unspecified atom stereocenters. The number of halogens is 1. The van der Waals surface area contributed by atoms with Gasteiger partial charge in [0.15, 0.2) is 5.78 Å². The van der Waals surface area contributed by atoms with E-state index in [2.05, 4.69) is 20.9 Å². The Morgan fingerprint density at radius 1 is 1.41 bits per heavy atom. The maximum atomic E-state index is 12.4. The molecule has 0 aliphatic carbocycles. The van der Waals surface area contributed by atoms with E-state index in [1.54, 1.807) is 32.2 Å². The molecule has 0 amide bonds. The molecule has 2 N–H and O–H groups in total. The van der Waals surface area contributed by atoms with Crippen molar-refractivity contribution in [2.24, 2.45) is 5.73 Å². The minimum atomic E-state index is -3.35. The summed E-state index contributed by atoms with van der Waals surface area (Å²) in [5.41, 5.74) is 6.39. The van der Waals surface area contributed by atoms with Crippen LogP contribution in [0.1, 0.15) is 25.3 Å².